The highest BCUT2D eigenvalue weighted by Gasteiger charge is 2.14. The van der Waals surface area contributed by atoms with E-state index in [0.717, 1.165) is 10.9 Å². The molecule has 0 fully saturated rings. The maximum absolute atomic E-state index is 12.1. The van der Waals surface area contributed by atoms with Gasteiger partial charge in [-0.15, -0.1) is 0 Å². The number of aromatic nitrogens is 2. The Hall–Kier alpha value is -2.56. The summed E-state index contributed by atoms with van der Waals surface area (Å²) in [6, 6.07) is 7.42. The van der Waals surface area contributed by atoms with Crippen molar-refractivity contribution >= 4 is 22.7 Å². The number of hydrogen-bond donors (Lipinski definition) is 2. The molecule has 2 N–H and O–H groups in total. The molecule has 5 heteroatoms. The monoisotopic (exact) mass is 241 g/mol. The van der Waals surface area contributed by atoms with Gasteiger partial charge in [0.1, 0.15) is 17.7 Å². The van der Waals surface area contributed by atoms with E-state index < -0.39 is 0 Å². The van der Waals surface area contributed by atoms with Crippen molar-refractivity contribution in [2.45, 2.75) is 6.92 Å². The fourth-order valence-corrected chi connectivity index (χ4v) is 1.81. The number of benzene rings is 1. The van der Waals surface area contributed by atoms with Gasteiger partial charge in [-0.1, -0.05) is 18.2 Å². The molecule has 0 aliphatic rings. The van der Waals surface area contributed by atoms with Crippen LogP contribution in [0.25, 0.3) is 11.0 Å². The van der Waals surface area contributed by atoms with Gasteiger partial charge in [0.2, 0.25) is 0 Å². The summed E-state index contributed by atoms with van der Waals surface area (Å²) < 4.78 is 5.33. The minimum absolute atomic E-state index is 0.215. The van der Waals surface area contributed by atoms with Crippen molar-refractivity contribution in [3.8, 4) is 0 Å². The predicted molar refractivity (Wildman–Crippen MR) is 67.5 cm³/mol. The molecule has 0 atom stereocenters. The number of para-hydroxylation sites is 1. The molecule has 0 spiro atoms. The molecule has 3 rings (SSSR count). The quantitative estimate of drug-likeness (QED) is 0.724. The van der Waals surface area contributed by atoms with Gasteiger partial charge in [0, 0.05) is 10.9 Å². The summed E-state index contributed by atoms with van der Waals surface area (Å²) in [4.78, 5) is 12.1. The second-order valence-corrected chi connectivity index (χ2v) is 4.03. The fourth-order valence-electron chi connectivity index (χ4n) is 1.81. The zero-order valence-corrected chi connectivity index (χ0v) is 9.73. The van der Waals surface area contributed by atoms with Crippen molar-refractivity contribution in [2.75, 3.05) is 5.32 Å². The molecule has 3 aromatic rings. The standard InChI is InChI=1S/C13H11N3O2/c1-8-6-14-16-12(8)15-13(17)10-7-18-11-5-3-2-4-9(10)11/h2-7H,1H3,(H2,14,15,16,17). The normalized spacial score (nSPS) is 10.7. The molecule has 2 aromatic heterocycles. The smallest absolute Gasteiger partial charge is 0.260 e. The number of nitrogens with one attached hydrogen (secondary N) is 2. The fraction of sp³-hybridized carbons (Fsp3) is 0.0769. The Labute approximate surface area is 103 Å². The Morgan fingerprint density at radius 3 is 3.00 bits per heavy atom. The molecule has 1 aromatic carbocycles. The third kappa shape index (κ3) is 1.66. The lowest BCUT2D eigenvalue weighted by Crippen LogP contribution is -2.12. The Morgan fingerprint density at radius 1 is 1.39 bits per heavy atom. The first-order valence-electron chi connectivity index (χ1n) is 5.53. The topological polar surface area (TPSA) is 70.9 Å². The lowest BCUT2D eigenvalue weighted by Gasteiger charge is -2.01. The van der Waals surface area contributed by atoms with Gasteiger partial charge in [-0.3, -0.25) is 9.89 Å². The van der Waals surface area contributed by atoms with E-state index in [1.807, 2.05) is 31.2 Å². The molecule has 0 unspecified atom stereocenters. The maximum atomic E-state index is 12.1. The molecular weight excluding hydrogens is 230 g/mol. The van der Waals surface area contributed by atoms with Gasteiger partial charge in [-0.05, 0) is 13.0 Å². The molecule has 18 heavy (non-hydrogen) atoms. The number of carbonyl (C=O) groups excluding carboxylic acids is 1. The highest BCUT2D eigenvalue weighted by atomic mass is 16.3. The van der Waals surface area contributed by atoms with Crippen molar-refractivity contribution in [1.82, 2.24) is 10.2 Å². The van der Waals surface area contributed by atoms with Crippen LogP contribution in [0.2, 0.25) is 0 Å². The summed E-state index contributed by atoms with van der Waals surface area (Å²) in [5, 5.41) is 10.2. The average molecular weight is 241 g/mol. The van der Waals surface area contributed by atoms with Gasteiger partial charge in [-0.25, -0.2) is 0 Å². The van der Waals surface area contributed by atoms with E-state index in [2.05, 4.69) is 15.5 Å². The molecule has 0 aliphatic carbocycles. The minimum Gasteiger partial charge on any atom is -0.463 e. The number of hydrogen-bond acceptors (Lipinski definition) is 3. The summed E-state index contributed by atoms with van der Waals surface area (Å²) in [7, 11) is 0. The van der Waals surface area contributed by atoms with Crippen LogP contribution in [0, 0.1) is 6.92 Å². The molecular formula is C13H11N3O2. The maximum Gasteiger partial charge on any atom is 0.260 e. The Balaban J connectivity index is 1.95. The number of carbonyl (C=O) groups is 1. The zero-order valence-electron chi connectivity index (χ0n) is 9.73. The van der Waals surface area contributed by atoms with Crippen LogP contribution >= 0.6 is 0 Å². The highest BCUT2D eigenvalue weighted by Crippen LogP contribution is 2.21. The number of furan rings is 1. The molecule has 1 amide bonds. The van der Waals surface area contributed by atoms with Crippen molar-refractivity contribution in [2.24, 2.45) is 0 Å². The molecule has 0 radical (unpaired) electrons. The first kappa shape index (κ1) is 10.6. The van der Waals surface area contributed by atoms with Gasteiger partial charge in [0.05, 0.1) is 11.8 Å². The van der Waals surface area contributed by atoms with Crippen LogP contribution in [0.15, 0.2) is 41.1 Å². The van der Waals surface area contributed by atoms with Gasteiger partial charge in [-0.2, -0.15) is 5.10 Å². The van der Waals surface area contributed by atoms with E-state index in [1.165, 1.54) is 6.26 Å². The Bertz CT molecular complexity index is 712. The highest BCUT2D eigenvalue weighted by molar-refractivity contribution is 6.12. The number of aryl methyl sites for hydroxylation is 1. The molecule has 0 aliphatic heterocycles. The second-order valence-electron chi connectivity index (χ2n) is 4.03. The van der Waals surface area contributed by atoms with Crippen molar-refractivity contribution in [3.63, 3.8) is 0 Å². The average Bonchev–Trinajstić information content (AvgIpc) is 2.96. The van der Waals surface area contributed by atoms with E-state index >= 15 is 0 Å². The number of nitrogens with zero attached hydrogens (tertiary/aromatic N) is 1. The van der Waals surface area contributed by atoms with Crippen molar-refractivity contribution in [1.29, 1.82) is 0 Å². The molecule has 5 nitrogen and oxygen atoms in total. The van der Waals surface area contributed by atoms with Gasteiger partial charge >= 0.3 is 0 Å². The molecule has 2 heterocycles. The Morgan fingerprint density at radius 2 is 2.22 bits per heavy atom. The van der Waals surface area contributed by atoms with Gasteiger partial charge in [0.15, 0.2) is 0 Å². The molecule has 0 bridgehead atoms. The van der Waals surface area contributed by atoms with E-state index in [0.29, 0.717) is 17.0 Å². The van der Waals surface area contributed by atoms with E-state index in [9.17, 15) is 4.79 Å². The first-order valence-corrected chi connectivity index (χ1v) is 5.53. The lowest BCUT2D eigenvalue weighted by atomic mass is 10.1. The number of H-pyrrole nitrogens is 1. The summed E-state index contributed by atoms with van der Waals surface area (Å²) in [5.74, 6) is 0.387. The minimum atomic E-state index is -0.215. The van der Waals surface area contributed by atoms with Gasteiger partial charge < -0.3 is 9.73 Å². The van der Waals surface area contributed by atoms with Crippen molar-refractivity contribution < 1.29 is 9.21 Å². The molecule has 0 saturated carbocycles. The van der Waals surface area contributed by atoms with Crippen LogP contribution in [0.4, 0.5) is 5.82 Å². The summed E-state index contributed by atoms with van der Waals surface area (Å²) in [6.07, 6.45) is 3.12. The van der Waals surface area contributed by atoms with Crippen molar-refractivity contribution in [3.05, 3.63) is 47.9 Å². The van der Waals surface area contributed by atoms with Crippen LogP contribution in [-0.2, 0) is 0 Å². The lowest BCUT2D eigenvalue weighted by molar-refractivity contribution is 0.102. The van der Waals surface area contributed by atoms with E-state index in [-0.39, 0.29) is 5.91 Å². The summed E-state index contributed by atoms with van der Waals surface area (Å²) >= 11 is 0. The third-order valence-electron chi connectivity index (χ3n) is 2.79. The Kier molecular flexibility index (Phi) is 2.37. The SMILES string of the molecule is Cc1cn[nH]c1NC(=O)c1coc2ccccc12. The zero-order chi connectivity index (χ0) is 12.5. The van der Waals surface area contributed by atoms with Crippen LogP contribution in [0.1, 0.15) is 15.9 Å². The van der Waals surface area contributed by atoms with Crippen LogP contribution in [-0.4, -0.2) is 16.1 Å². The summed E-state index contributed by atoms with van der Waals surface area (Å²) in [5.41, 5.74) is 2.10. The van der Waals surface area contributed by atoms with Crippen LogP contribution in [0.3, 0.4) is 0 Å². The molecule has 0 saturated heterocycles. The summed E-state index contributed by atoms with van der Waals surface area (Å²) in [6.45, 7) is 1.87. The number of amides is 1. The van der Waals surface area contributed by atoms with E-state index in [1.54, 1.807) is 6.20 Å². The largest absolute Gasteiger partial charge is 0.463 e. The number of fused-ring (bicyclic) bond motifs is 1. The number of anilines is 1. The number of aromatic amines is 1. The number of rotatable bonds is 2. The predicted octanol–water partition coefficient (Wildman–Crippen LogP) is 2.72. The first-order chi connectivity index (χ1) is 8.75. The van der Waals surface area contributed by atoms with Crippen LogP contribution in [0.5, 0.6) is 0 Å². The van der Waals surface area contributed by atoms with Gasteiger partial charge in [0.25, 0.3) is 5.91 Å². The molecule has 90 valence electrons. The third-order valence-corrected chi connectivity index (χ3v) is 2.79. The van der Waals surface area contributed by atoms with E-state index in [4.69, 9.17) is 4.42 Å². The van der Waals surface area contributed by atoms with Crippen LogP contribution < -0.4 is 5.32 Å². The second kappa shape index (κ2) is 4.03.